The van der Waals surface area contributed by atoms with Crippen LogP contribution in [-0.4, -0.2) is 11.1 Å². The molecule has 0 saturated heterocycles. The number of hydrogen-bond donors (Lipinski definition) is 1. The van der Waals surface area contributed by atoms with Crippen LogP contribution >= 0.6 is 15.9 Å². The Morgan fingerprint density at radius 2 is 2.00 bits per heavy atom. The van der Waals surface area contributed by atoms with E-state index in [9.17, 15) is 9.90 Å². The van der Waals surface area contributed by atoms with Gasteiger partial charge in [-0.1, -0.05) is 22.0 Å². The third-order valence-corrected chi connectivity index (χ3v) is 3.98. The van der Waals surface area contributed by atoms with Gasteiger partial charge in [-0.3, -0.25) is 4.79 Å². The average Bonchev–Trinajstić information content (AvgIpc) is 2.93. The van der Waals surface area contributed by atoms with Gasteiger partial charge in [-0.2, -0.15) is 0 Å². The highest BCUT2D eigenvalue weighted by atomic mass is 79.9. The number of rotatable bonds is 2. The van der Waals surface area contributed by atoms with Crippen LogP contribution in [0.25, 0.3) is 0 Å². The number of carbonyl (C=O) groups is 1. The van der Waals surface area contributed by atoms with Crippen LogP contribution in [0.1, 0.15) is 29.5 Å². The van der Waals surface area contributed by atoms with Gasteiger partial charge in [-0.05, 0) is 49.4 Å². The SMILES string of the molecule is Cc1ccc(Br)c(C2(C(=O)O)CC2)c1C. The summed E-state index contributed by atoms with van der Waals surface area (Å²) in [6.45, 7) is 4.02. The molecule has 0 spiro atoms. The van der Waals surface area contributed by atoms with Crippen molar-refractivity contribution < 1.29 is 9.90 Å². The van der Waals surface area contributed by atoms with Gasteiger partial charge in [-0.15, -0.1) is 0 Å². The molecule has 1 aliphatic rings. The van der Waals surface area contributed by atoms with E-state index in [0.717, 1.165) is 34.0 Å². The minimum Gasteiger partial charge on any atom is -0.481 e. The molecular weight excluding hydrogens is 256 g/mol. The predicted molar refractivity (Wildman–Crippen MR) is 62.2 cm³/mol. The summed E-state index contributed by atoms with van der Waals surface area (Å²) >= 11 is 3.46. The van der Waals surface area contributed by atoms with Gasteiger partial charge in [0.1, 0.15) is 0 Å². The Bertz CT molecular complexity index is 433. The maximum absolute atomic E-state index is 11.3. The third kappa shape index (κ3) is 1.49. The highest BCUT2D eigenvalue weighted by Gasteiger charge is 2.53. The second kappa shape index (κ2) is 3.34. The van der Waals surface area contributed by atoms with Crippen molar-refractivity contribution in [1.29, 1.82) is 0 Å². The minimum absolute atomic E-state index is 0.616. The van der Waals surface area contributed by atoms with E-state index in [-0.39, 0.29) is 0 Å². The number of aliphatic carboxylic acids is 1. The summed E-state index contributed by atoms with van der Waals surface area (Å²) in [6, 6.07) is 3.96. The Labute approximate surface area is 97.4 Å². The minimum atomic E-state index is -0.697. The number of carboxylic acids is 1. The molecular formula is C12H13BrO2. The number of aryl methyl sites for hydroxylation is 1. The van der Waals surface area contributed by atoms with Crippen molar-refractivity contribution in [2.24, 2.45) is 0 Å². The number of halogens is 1. The molecule has 0 bridgehead atoms. The lowest BCUT2D eigenvalue weighted by Crippen LogP contribution is -2.21. The molecule has 80 valence electrons. The van der Waals surface area contributed by atoms with E-state index in [1.807, 2.05) is 26.0 Å². The largest absolute Gasteiger partial charge is 0.481 e. The van der Waals surface area contributed by atoms with Crippen molar-refractivity contribution in [2.75, 3.05) is 0 Å². The summed E-state index contributed by atoms with van der Waals surface area (Å²) in [4.78, 5) is 11.3. The van der Waals surface area contributed by atoms with Gasteiger partial charge in [0.2, 0.25) is 0 Å². The van der Waals surface area contributed by atoms with E-state index >= 15 is 0 Å². The van der Waals surface area contributed by atoms with Gasteiger partial charge in [0.15, 0.2) is 0 Å². The van der Waals surface area contributed by atoms with Crippen molar-refractivity contribution >= 4 is 21.9 Å². The maximum Gasteiger partial charge on any atom is 0.314 e. The van der Waals surface area contributed by atoms with Crippen LogP contribution in [0.15, 0.2) is 16.6 Å². The quantitative estimate of drug-likeness (QED) is 0.895. The summed E-state index contributed by atoms with van der Waals surface area (Å²) in [6.07, 6.45) is 1.51. The summed E-state index contributed by atoms with van der Waals surface area (Å²) in [5.41, 5.74) is 2.61. The zero-order valence-electron chi connectivity index (χ0n) is 8.80. The molecule has 0 aromatic heterocycles. The summed E-state index contributed by atoms with van der Waals surface area (Å²) in [7, 11) is 0. The van der Waals surface area contributed by atoms with Crippen molar-refractivity contribution in [3.05, 3.63) is 33.3 Å². The lowest BCUT2D eigenvalue weighted by atomic mass is 9.90. The molecule has 0 unspecified atom stereocenters. The first-order valence-corrected chi connectivity index (χ1v) is 5.78. The lowest BCUT2D eigenvalue weighted by Gasteiger charge is -2.17. The van der Waals surface area contributed by atoms with Crippen LogP contribution in [0.5, 0.6) is 0 Å². The molecule has 2 rings (SSSR count). The first kappa shape index (κ1) is 10.7. The molecule has 0 heterocycles. The first-order valence-electron chi connectivity index (χ1n) is 4.98. The maximum atomic E-state index is 11.3. The summed E-state index contributed by atoms with van der Waals surface area (Å²) in [5, 5.41) is 9.28. The smallest absolute Gasteiger partial charge is 0.314 e. The molecule has 1 aliphatic carbocycles. The van der Waals surface area contributed by atoms with Crippen molar-refractivity contribution in [3.8, 4) is 0 Å². The van der Waals surface area contributed by atoms with Gasteiger partial charge < -0.3 is 5.11 Å². The molecule has 1 N–H and O–H groups in total. The molecule has 2 nitrogen and oxygen atoms in total. The van der Waals surface area contributed by atoms with Gasteiger partial charge in [0.05, 0.1) is 5.41 Å². The van der Waals surface area contributed by atoms with Crippen molar-refractivity contribution in [1.82, 2.24) is 0 Å². The van der Waals surface area contributed by atoms with Crippen LogP contribution in [0.4, 0.5) is 0 Å². The highest BCUT2D eigenvalue weighted by Crippen LogP contribution is 2.52. The molecule has 3 heteroatoms. The first-order chi connectivity index (χ1) is 6.99. The Kier molecular flexibility index (Phi) is 2.38. The van der Waals surface area contributed by atoms with Gasteiger partial charge in [-0.25, -0.2) is 0 Å². The Hall–Kier alpha value is -0.830. The molecule has 1 aromatic carbocycles. The van der Waals surface area contributed by atoms with Crippen LogP contribution < -0.4 is 0 Å². The van der Waals surface area contributed by atoms with Crippen LogP contribution in [-0.2, 0) is 10.2 Å². The molecule has 0 amide bonds. The standard InChI is InChI=1S/C12H13BrO2/c1-7-3-4-9(13)10(8(7)2)12(5-6-12)11(14)15/h3-4H,5-6H2,1-2H3,(H,14,15). The van der Waals surface area contributed by atoms with Gasteiger partial charge >= 0.3 is 5.97 Å². The highest BCUT2D eigenvalue weighted by molar-refractivity contribution is 9.10. The zero-order chi connectivity index (χ0) is 11.2. The molecule has 0 aliphatic heterocycles. The van der Waals surface area contributed by atoms with Gasteiger partial charge in [0.25, 0.3) is 0 Å². The summed E-state index contributed by atoms with van der Waals surface area (Å²) < 4.78 is 0.922. The fraction of sp³-hybridized carbons (Fsp3) is 0.417. The fourth-order valence-electron chi connectivity index (χ4n) is 2.07. The van der Waals surface area contributed by atoms with E-state index in [4.69, 9.17) is 0 Å². The lowest BCUT2D eigenvalue weighted by molar-refractivity contribution is -0.140. The monoisotopic (exact) mass is 268 g/mol. The Morgan fingerprint density at radius 3 is 2.47 bits per heavy atom. The predicted octanol–water partition coefficient (Wildman–Crippen LogP) is 3.18. The Balaban J connectivity index is 2.62. The molecule has 1 aromatic rings. The normalized spacial score (nSPS) is 17.5. The van der Waals surface area contributed by atoms with Crippen molar-refractivity contribution in [2.45, 2.75) is 32.1 Å². The van der Waals surface area contributed by atoms with Gasteiger partial charge in [0, 0.05) is 4.47 Å². The molecule has 0 radical (unpaired) electrons. The summed E-state index contributed by atoms with van der Waals surface area (Å²) in [5.74, 6) is -0.697. The average molecular weight is 269 g/mol. The van der Waals surface area contributed by atoms with E-state index in [1.165, 1.54) is 0 Å². The number of benzene rings is 1. The van der Waals surface area contributed by atoms with Crippen LogP contribution in [0.2, 0.25) is 0 Å². The van der Waals surface area contributed by atoms with Crippen LogP contribution in [0, 0.1) is 13.8 Å². The molecule has 1 fully saturated rings. The van der Waals surface area contributed by atoms with Crippen molar-refractivity contribution in [3.63, 3.8) is 0 Å². The molecule has 15 heavy (non-hydrogen) atoms. The second-order valence-corrected chi connectivity index (χ2v) is 5.11. The Morgan fingerprint density at radius 1 is 1.40 bits per heavy atom. The fourth-order valence-corrected chi connectivity index (χ4v) is 2.88. The van der Waals surface area contributed by atoms with E-state index in [1.54, 1.807) is 0 Å². The van der Waals surface area contributed by atoms with Crippen LogP contribution in [0.3, 0.4) is 0 Å². The molecule has 1 saturated carbocycles. The topological polar surface area (TPSA) is 37.3 Å². The second-order valence-electron chi connectivity index (χ2n) is 4.25. The third-order valence-electron chi connectivity index (χ3n) is 3.32. The van der Waals surface area contributed by atoms with E-state index in [0.29, 0.717) is 0 Å². The number of hydrogen-bond acceptors (Lipinski definition) is 1. The molecule has 0 atom stereocenters. The van der Waals surface area contributed by atoms with E-state index in [2.05, 4.69) is 15.9 Å². The zero-order valence-corrected chi connectivity index (χ0v) is 10.4. The number of carboxylic acid groups (broad SMARTS) is 1. The van der Waals surface area contributed by atoms with E-state index < -0.39 is 11.4 Å².